The number of amides is 1. The normalized spacial score (nSPS) is 13.0. The lowest BCUT2D eigenvalue weighted by Crippen LogP contribution is -2.21. The SMILES string of the molecule is O=C(/C=C/c1cc(Cl)c2c(c1)OCO2)NCc1ccnc(OCC(F)(F)F)c1. The van der Waals surface area contributed by atoms with Crippen molar-refractivity contribution in [1.29, 1.82) is 0 Å². The van der Waals surface area contributed by atoms with E-state index in [9.17, 15) is 18.0 Å². The van der Waals surface area contributed by atoms with Crippen LogP contribution < -0.4 is 19.5 Å². The van der Waals surface area contributed by atoms with E-state index in [-0.39, 0.29) is 19.2 Å². The van der Waals surface area contributed by atoms with Gasteiger partial charge in [0, 0.05) is 24.9 Å². The van der Waals surface area contributed by atoms with Gasteiger partial charge >= 0.3 is 6.18 Å². The average molecular weight is 415 g/mol. The minimum Gasteiger partial charge on any atom is -0.468 e. The molecule has 148 valence electrons. The van der Waals surface area contributed by atoms with Crippen molar-refractivity contribution in [2.45, 2.75) is 12.7 Å². The van der Waals surface area contributed by atoms with Gasteiger partial charge in [-0.25, -0.2) is 4.98 Å². The summed E-state index contributed by atoms with van der Waals surface area (Å²) < 4.78 is 51.6. The van der Waals surface area contributed by atoms with Crippen molar-refractivity contribution < 1.29 is 32.2 Å². The molecule has 0 spiro atoms. The number of alkyl halides is 3. The molecule has 0 saturated carbocycles. The maximum absolute atomic E-state index is 12.2. The van der Waals surface area contributed by atoms with Crippen molar-refractivity contribution >= 4 is 23.6 Å². The lowest BCUT2D eigenvalue weighted by Gasteiger charge is -2.09. The highest BCUT2D eigenvalue weighted by Gasteiger charge is 2.28. The third-order valence-electron chi connectivity index (χ3n) is 3.53. The number of nitrogens with zero attached hydrogens (tertiary/aromatic N) is 1. The summed E-state index contributed by atoms with van der Waals surface area (Å²) in [4.78, 5) is 15.7. The minimum atomic E-state index is -4.45. The molecule has 1 aromatic heterocycles. The van der Waals surface area contributed by atoms with Crippen LogP contribution >= 0.6 is 11.6 Å². The van der Waals surface area contributed by atoms with Crippen molar-refractivity contribution in [2.75, 3.05) is 13.4 Å². The van der Waals surface area contributed by atoms with Gasteiger partial charge in [-0.15, -0.1) is 0 Å². The summed E-state index contributed by atoms with van der Waals surface area (Å²) in [5.41, 5.74) is 1.19. The van der Waals surface area contributed by atoms with Crippen LogP contribution in [0.1, 0.15) is 11.1 Å². The first kappa shape index (κ1) is 19.8. The van der Waals surface area contributed by atoms with Crippen molar-refractivity contribution in [2.24, 2.45) is 0 Å². The molecule has 2 aromatic rings. The summed E-state index contributed by atoms with van der Waals surface area (Å²) in [7, 11) is 0. The van der Waals surface area contributed by atoms with Crippen LogP contribution in [-0.4, -0.2) is 30.5 Å². The highest BCUT2D eigenvalue weighted by atomic mass is 35.5. The number of pyridine rings is 1. The van der Waals surface area contributed by atoms with Gasteiger partial charge < -0.3 is 19.5 Å². The molecule has 0 aliphatic carbocycles. The third-order valence-corrected chi connectivity index (χ3v) is 3.81. The van der Waals surface area contributed by atoms with E-state index in [1.807, 2.05) is 0 Å². The van der Waals surface area contributed by atoms with E-state index >= 15 is 0 Å². The van der Waals surface area contributed by atoms with Gasteiger partial charge in [0.05, 0.1) is 5.02 Å². The quantitative estimate of drug-likeness (QED) is 0.729. The molecule has 28 heavy (non-hydrogen) atoms. The topological polar surface area (TPSA) is 69.7 Å². The van der Waals surface area contributed by atoms with E-state index in [0.717, 1.165) is 0 Å². The first-order chi connectivity index (χ1) is 13.3. The molecule has 3 rings (SSSR count). The Balaban J connectivity index is 1.54. The van der Waals surface area contributed by atoms with Crippen LogP contribution in [0.4, 0.5) is 13.2 Å². The second kappa shape index (κ2) is 8.39. The van der Waals surface area contributed by atoms with Crippen molar-refractivity contribution in [3.63, 3.8) is 0 Å². The largest absolute Gasteiger partial charge is 0.468 e. The lowest BCUT2D eigenvalue weighted by molar-refractivity contribution is -0.154. The summed E-state index contributed by atoms with van der Waals surface area (Å²) in [5, 5.41) is 2.99. The standard InChI is InChI=1S/C18H14ClF3N2O4/c19-13-5-11(6-14-17(13)28-10-27-14)1-2-15(25)24-8-12-3-4-23-16(7-12)26-9-18(20,21)22/h1-7H,8-10H2,(H,24,25)/b2-1+. The average Bonchev–Trinajstić information content (AvgIpc) is 3.12. The molecule has 0 saturated heterocycles. The number of hydrogen-bond donors (Lipinski definition) is 1. The van der Waals surface area contributed by atoms with Crippen molar-refractivity contribution in [3.8, 4) is 17.4 Å². The lowest BCUT2D eigenvalue weighted by atomic mass is 10.2. The summed E-state index contributed by atoms with van der Waals surface area (Å²) in [6.45, 7) is -1.25. The monoisotopic (exact) mass is 414 g/mol. The number of benzene rings is 1. The second-order valence-corrected chi connectivity index (χ2v) is 6.10. The Morgan fingerprint density at radius 1 is 1.32 bits per heavy atom. The minimum absolute atomic E-state index is 0.0866. The number of fused-ring (bicyclic) bond motifs is 1. The molecule has 0 bridgehead atoms. The molecule has 0 radical (unpaired) electrons. The number of ether oxygens (including phenoxy) is 3. The molecule has 6 nitrogen and oxygen atoms in total. The Kier molecular flexibility index (Phi) is 5.93. The molecule has 0 fully saturated rings. The van der Waals surface area contributed by atoms with E-state index in [4.69, 9.17) is 21.1 Å². The van der Waals surface area contributed by atoms with Gasteiger partial charge in [-0.1, -0.05) is 11.6 Å². The Morgan fingerprint density at radius 2 is 2.14 bits per heavy atom. The molecule has 1 N–H and O–H groups in total. The number of nitrogens with one attached hydrogen (secondary N) is 1. The van der Waals surface area contributed by atoms with Crippen LogP contribution in [0.25, 0.3) is 6.08 Å². The van der Waals surface area contributed by atoms with E-state index in [1.54, 1.807) is 24.3 Å². The maximum atomic E-state index is 12.2. The number of halogens is 4. The first-order valence-corrected chi connectivity index (χ1v) is 8.37. The molecule has 0 atom stereocenters. The Bertz CT molecular complexity index is 903. The molecule has 1 amide bonds. The smallest absolute Gasteiger partial charge is 0.422 e. The van der Waals surface area contributed by atoms with Gasteiger partial charge in [-0.3, -0.25) is 4.79 Å². The fraction of sp³-hybridized carbons (Fsp3) is 0.222. The third kappa shape index (κ3) is 5.53. The summed E-state index contributed by atoms with van der Waals surface area (Å²) in [6, 6.07) is 6.20. The fourth-order valence-electron chi connectivity index (χ4n) is 2.30. The number of carbonyl (C=O) groups is 1. The van der Waals surface area contributed by atoms with Gasteiger partial charge in [-0.2, -0.15) is 13.2 Å². The zero-order valence-corrected chi connectivity index (χ0v) is 15.0. The Hall–Kier alpha value is -2.94. The predicted octanol–water partition coefficient (Wildman–Crippen LogP) is 3.73. The van der Waals surface area contributed by atoms with Gasteiger partial charge in [0.15, 0.2) is 18.1 Å². The van der Waals surface area contributed by atoms with E-state index in [1.165, 1.54) is 18.3 Å². The highest BCUT2D eigenvalue weighted by molar-refractivity contribution is 6.32. The Morgan fingerprint density at radius 3 is 2.93 bits per heavy atom. The second-order valence-electron chi connectivity index (χ2n) is 5.69. The van der Waals surface area contributed by atoms with Gasteiger partial charge in [0.1, 0.15) is 0 Å². The summed E-state index contributed by atoms with van der Waals surface area (Å²) in [5.74, 6) is 0.387. The Labute approximate surface area is 162 Å². The fourth-order valence-corrected chi connectivity index (χ4v) is 2.57. The molecule has 0 unspecified atom stereocenters. The van der Waals surface area contributed by atoms with Crippen LogP contribution in [0, 0.1) is 0 Å². The summed E-state index contributed by atoms with van der Waals surface area (Å²) >= 11 is 6.07. The molecular weight excluding hydrogens is 401 g/mol. The van der Waals surface area contributed by atoms with Gasteiger partial charge in [0.25, 0.3) is 0 Å². The van der Waals surface area contributed by atoms with E-state index in [0.29, 0.717) is 27.6 Å². The molecule has 1 aliphatic rings. The van der Waals surface area contributed by atoms with Gasteiger partial charge in [0.2, 0.25) is 18.6 Å². The zero-order valence-electron chi connectivity index (χ0n) is 14.3. The van der Waals surface area contributed by atoms with Crippen LogP contribution in [0.15, 0.2) is 36.5 Å². The molecule has 2 heterocycles. The molecular formula is C18H14ClF3N2O4. The number of carbonyl (C=O) groups excluding carboxylic acids is 1. The van der Waals surface area contributed by atoms with E-state index in [2.05, 4.69) is 15.0 Å². The van der Waals surface area contributed by atoms with Crippen molar-refractivity contribution in [1.82, 2.24) is 10.3 Å². The van der Waals surface area contributed by atoms with Gasteiger partial charge in [-0.05, 0) is 35.4 Å². The first-order valence-electron chi connectivity index (χ1n) is 8.00. The number of aromatic nitrogens is 1. The molecule has 1 aliphatic heterocycles. The molecule has 1 aromatic carbocycles. The highest BCUT2D eigenvalue weighted by Crippen LogP contribution is 2.40. The van der Waals surface area contributed by atoms with E-state index < -0.39 is 18.7 Å². The van der Waals surface area contributed by atoms with Crippen LogP contribution in [0.5, 0.6) is 17.4 Å². The number of rotatable bonds is 6. The van der Waals surface area contributed by atoms with Crippen LogP contribution in [0.3, 0.4) is 0 Å². The number of hydrogen-bond acceptors (Lipinski definition) is 5. The molecule has 10 heteroatoms. The summed E-state index contributed by atoms with van der Waals surface area (Å²) in [6.07, 6.45) is -0.296. The van der Waals surface area contributed by atoms with Crippen LogP contribution in [0.2, 0.25) is 5.02 Å². The predicted molar refractivity (Wildman–Crippen MR) is 94.2 cm³/mol. The maximum Gasteiger partial charge on any atom is 0.422 e. The van der Waals surface area contributed by atoms with Crippen molar-refractivity contribution in [3.05, 3.63) is 52.7 Å². The zero-order chi connectivity index (χ0) is 20.1. The van der Waals surface area contributed by atoms with Crippen LogP contribution in [-0.2, 0) is 11.3 Å².